The van der Waals surface area contributed by atoms with E-state index < -0.39 is 17.7 Å². The summed E-state index contributed by atoms with van der Waals surface area (Å²) < 4.78 is 40.5. The number of azo groups is 1. The number of aryl methyl sites for hydroxylation is 1. The van der Waals surface area contributed by atoms with Crippen LogP contribution in [0.4, 0.5) is 13.2 Å². The molecular weight excluding hydrogens is 297 g/mol. The highest BCUT2D eigenvalue weighted by Gasteiger charge is 2.55. The topological polar surface area (TPSA) is 62.0 Å². The summed E-state index contributed by atoms with van der Waals surface area (Å²) in [4.78, 5) is 10.5. The fourth-order valence-corrected chi connectivity index (χ4v) is 2.09. The molecule has 0 bridgehead atoms. The molecule has 0 spiro atoms. The van der Waals surface area contributed by atoms with Gasteiger partial charge in [0.25, 0.3) is 0 Å². The largest absolute Gasteiger partial charge is 0.481 e. The van der Waals surface area contributed by atoms with Gasteiger partial charge in [0.15, 0.2) is 0 Å². The Bertz CT molecular complexity index is 615. The summed E-state index contributed by atoms with van der Waals surface area (Å²) in [5.41, 5.74) is -1.94. The van der Waals surface area contributed by atoms with Crippen molar-refractivity contribution >= 4 is 5.97 Å². The van der Waals surface area contributed by atoms with Gasteiger partial charge in [-0.15, -0.1) is 0 Å². The van der Waals surface area contributed by atoms with Gasteiger partial charge in [-0.1, -0.05) is 30.3 Å². The molecular formula is C15H13F3N2O2. The number of benzene rings is 1. The molecule has 1 atom stereocenters. The number of aliphatic carboxylic acids is 1. The van der Waals surface area contributed by atoms with Crippen LogP contribution in [0.5, 0.6) is 0 Å². The summed E-state index contributed by atoms with van der Waals surface area (Å²) in [5, 5.41) is 15.5. The van der Waals surface area contributed by atoms with Crippen molar-refractivity contribution in [2.45, 2.75) is 24.6 Å². The lowest BCUT2D eigenvalue weighted by Gasteiger charge is -2.28. The maximum atomic E-state index is 13.5. The number of alkyl halides is 3. The number of allylic oxidation sites excluding steroid dienone is 2. The van der Waals surface area contributed by atoms with Crippen LogP contribution in [0.25, 0.3) is 0 Å². The maximum absolute atomic E-state index is 13.5. The van der Waals surface area contributed by atoms with Gasteiger partial charge in [0, 0.05) is 12.6 Å². The molecule has 116 valence electrons. The Labute approximate surface area is 124 Å². The number of carboxylic acid groups (broad SMARTS) is 1. The van der Waals surface area contributed by atoms with E-state index in [4.69, 9.17) is 5.11 Å². The Kier molecular flexibility index (Phi) is 4.44. The molecule has 1 aromatic rings. The zero-order valence-electron chi connectivity index (χ0n) is 11.4. The molecule has 0 radical (unpaired) electrons. The number of rotatable bonds is 4. The number of carboxylic acids is 1. The summed E-state index contributed by atoms with van der Waals surface area (Å²) in [6.07, 6.45) is 0.309. The third-order valence-electron chi connectivity index (χ3n) is 3.27. The van der Waals surface area contributed by atoms with E-state index >= 15 is 0 Å². The Morgan fingerprint density at radius 2 is 1.86 bits per heavy atom. The first-order valence-corrected chi connectivity index (χ1v) is 6.49. The van der Waals surface area contributed by atoms with Gasteiger partial charge in [-0.05, 0) is 29.7 Å². The van der Waals surface area contributed by atoms with Gasteiger partial charge in [-0.2, -0.15) is 23.4 Å². The summed E-state index contributed by atoms with van der Waals surface area (Å²) in [5.74, 6) is -0.956. The Hall–Kier alpha value is -2.44. The first-order chi connectivity index (χ1) is 10.3. The average Bonchev–Trinajstić information content (AvgIpc) is 2.72. The molecule has 1 heterocycles. The van der Waals surface area contributed by atoms with E-state index in [-0.39, 0.29) is 18.4 Å². The van der Waals surface area contributed by atoms with Gasteiger partial charge < -0.3 is 5.11 Å². The fourth-order valence-electron chi connectivity index (χ4n) is 2.09. The van der Waals surface area contributed by atoms with E-state index in [2.05, 4.69) is 10.2 Å². The van der Waals surface area contributed by atoms with E-state index in [1.165, 1.54) is 42.6 Å². The highest BCUT2D eigenvalue weighted by atomic mass is 19.4. The molecule has 1 aliphatic heterocycles. The van der Waals surface area contributed by atoms with Gasteiger partial charge in [-0.3, -0.25) is 4.79 Å². The summed E-state index contributed by atoms with van der Waals surface area (Å²) in [6.45, 7) is 0. The summed E-state index contributed by atoms with van der Waals surface area (Å²) in [7, 11) is 0. The second kappa shape index (κ2) is 6.13. The number of hydrogen-bond acceptors (Lipinski definition) is 3. The molecule has 0 aliphatic carbocycles. The third-order valence-corrected chi connectivity index (χ3v) is 3.27. The highest BCUT2D eigenvalue weighted by Crippen LogP contribution is 2.44. The average molecular weight is 310 g/mol. The number of carbonyl (C=O) groups is 1. The van der Waals surface area contributed by atoms with Crippen LogP contribution >= 0.6 is 0 Å². The predicted molar refractivity (Wildman–Crippen MR) is 73.3 cm³/mol. The molecule has 0 saturated heterocycles. The van der Waals surface area contributed by atoms with Crippen molar-refractivity contribution in [3.05, 3.63) is 59.8 Å². The molecule has 22 heavy (non-hydrogen) atoms. The van der Waals surface area contributed by atoms with Crippen molar-refractivity contribution in [1.82, 2.24) is 0 Å². The molecule has 0 fully saturated rings. The van der Waals surface area contributed by atoms with E-state index in [1.54, 1.807) is 0 Å². The first kappa shape index (κ1) is 15.9. The van der Waals surface area contributed by atoms with Crippen molar-refractivity contribution in [3.8, 4) is 0 Å². The summed E-state index contributed by atoms with van der Waals surface area (Å²) in [6, 6.07) is 5.57. The molecule has 1 N–H and O–H groups in total. The minimum atomic E-state index is -4.64. The van der Waals surface area contributed by atoms with E-state index in [0.717, 1.165) is 6.08 Å². The Morgan fingerprint density at radius 3 is 2.45 bits per heavy atom. The zero-order chi connectivity index (χ0) is 16.2. The number of halogens is 3. The molecule has 4 nitrogen and oxygen atoms in total. The fraction of sp³-hybridized carbons (Fsp3) is 0.267. The van der Waals surface area contributed by atoms with E-state index in [9.17, 15) is 18.0 Å². The smallest absolute Gasteiger partial charge is 0.423 e. The van der Waals surface area contributed by atoms with Crippen LogP contribution in [0.3, 0.4) is 0 Å². The van der Waals surface area contributed by atoms with Crippen molar-refractivity contribution in [3.63, 3.8) is 0 Å². The van der Waals surface area contributed by atoms with Crippen LogP contribution in [0, 0.1) is 0 Å². The van der Waals surface area contributed by atoms with Crippen LogP contribution in [0.15, 0.2) is 58.9 Å². The Balaban J connectivity index is 2.36. The van der Waals surface area contributed by atoms with E-state index in [0.29, 0.717) is 5.56 Å². The number of hydrogen-bond donors (Lipinski definition) is 1. The van der Waals surface area contributed by atoms with Gasteiger partial charge in [0.05, 0.1) is 0 Å². The summed E-state index contributed by atoms with van der Waals surface area (Å²) >= 11 is 0. The van der Waals surface area contributed by atoms with Crippen molar-refractivity contribution in [2.24, 2.45) is 10.2 Å². The molecule has 2 rings (SSSR count). The second-order valence-electron chi connectivity index (χ2n) is 4.77. The third kappa shape index (κ3) is 3.24. The molecule has 1 aliphatic rings. The minimum absolute atomic E-state index is 0.0669. The van der Waals surface area contributed by atoms with Gasteiger partial charge >= 0.3 is 12.1 Å². The molecule has 0 aromatic heterocycles. The van der Waals surface area contributed by atoms with Crippen LogP contribution in [0.1, 0.15) is 17.5 Å². The molecule has 1 aromatic carbocycles. The maximum Gasteiger partial charge on any atom is 0.423 e. The van der Waals surface area contributed by atoms with Crippen LogP contribution in [0.2, 0.25) is 0 Å². The molecule has 7 heteroatoms. The first-order valence-electron chi connectivity index (χ1n) is 6.49. The van der Waals surface area contributed by atoms with Gasteiger partial charge in [-0.25, -0.2) is 0 Å². The zero-order valence-corrected chi connectivity index (χ0v) is 11.4. The van der Waals surface area contributed by atoms with E-state index in [1.807, 2.05) is 0 Å². The van der Waals surface area contributed by atoms with Crippen LogP contribution in [-0.2, 0) is 16.8 Å². The highest BCUT2D eigenvalue weighted by molar-refractivity contribution is 5.67. The van der Waals surface area contributed by atoms with Crippen LogP contribution < -0.4 is 0 Å². The molecule has 0 amide bonds. The van der Waals surface area contributed by atoms with Crippen molar-refractivity contribution in [1.29, 1.82) is 0 Å². The Morgan fingerprint density at radius 1 is 1.18 bits per heavy atom. The van der Waals surface area contributed by atoms with Gasteiger partial charge in [0.1, 0.15) is 0 Å². The van der Waals surface area contributed by atoms with Crippen molar-refractivity contribution < 1.29 is 23.1 Å². The quantitative estimate of drug-likeness (QED) is 0.913. The lowest BCUT2D eigenvalue weighted by atomic mass is 9.88. The molecule has 0 saturated carbocycles. The number of nitrogens with zero attached hydrogens (tertiary/aromatic N) is 2. The molecule has 1 unspecified atom stereocenters. The standard InChI is InChI=1S/C15H13F3N2O2/c16-15(17,18)14(9-1-2-10-19-20-14)12-6-3-11(4-7-12)5-8-13(21)22/h1-4,6-7,9-10H,5,8H2,(H,21,22). The predicted octanol–water partition coefficient (Wildman–Crippen LogP) is 4.00. The second-order valence-corrected chi connectivity index (χ2v) is 4.77. The lowest BCUT2D eigenvalue weighted by molar-refractivity contribution is -0.175. The monoisotopic (exact) mass is 310 g/mol. The SMILES string of the molecule is O=C(O)CCc1ccc(C2(C(F)(F)F)C=CC=CN=N2)cc1. The minimum Gasteiger partial charge on any atom is -0.481 e. The normalized spacial score (nSPS) is 20.9. The lowest BCUT2D eigenvalue weighted by Crippen LogP contribution is -2.38. The van der Waals surface area contributed by atoms with Crippen molar-refractivity contribution in [2.75, 3.05) is 0 Å². The van der Waals surface area contributed by atoms with Gasteiger partial charge in [0.2, 0.25) is 5.54 Å². The van der Waals surface area contributed by atoms with Crippen LogP contribution in [-0.4, -0.2) is 17.3 Å².